The molecule has 2 aromatic rings. The van der Waals surface area contributed by atoms with Crippen LogP contribution in [0, 0.1) is 0 Å². The van der Waals surface area contributed by atoms with Gasteiger partial charge in [0.15, 0.2) is 5.52 Å². The van der Waals surface area contributed by atoms with E-state index >= 15 is 0 Å². The molecule has 0 spiro atoms. The van der Waals surface area contributed by atoms with Crippen molar-refractivity contribution in [2.45, 2.75) is 19.3 Å². The molecule has 9 heteroatoms. The number of nitrogens with zero attached hydrogens (tertiary/aromatic N) is 3. The first-order valence-electron chi connectivity index (χ1n) is 7.73. The molecule has 1 fully saturated rings. The van der Waals surface area contributed by atoms with Gasteiger partial charge in [-0.3, -0.25) is 14.4 Å². The van der Waals surface area contributed by atoms with Crippen LogP contribution in [-0.2, 0) is 14.4 Å². The minimum absolute atomic E-state index is 0.147. The number of carbonyl (C=O) groups is 3. The van der Waals surface area contributed by atoms with Crippen LogP contribution in [0.5, 0.6) is 0 Å². The number of carbonyl (C=O) groups excluding carboxylic acids is 3. The molecule has 0 radical (unpaired) electrons. The molecule has 3 amide bonds. The molecule has 3 rings (SSSR count). The smallest absolute Gasteiger partial charge is 0.313 e. The van der Waals surface area contributed by atoms with E-state index in [0.717, 1.165) is 13.0 Å². The van der Waals surface area contributed by atoms with E-state index in [4.69, 9.17) is 0 Å². The Kier molecular flexibility index (Phi) is 4.69. The van der Waals surface area contributed by atoms with Gasteiger partial charge in [-0.05, 0) is 35.3 Å². The number of hydrogen-bond donors (Lipinski definition) is 2. The van der Waals surface area contributed by atoms with E-state index in [-0.39, 0.29) is 5.91 Å². The zero-order valence-corrected chi connectivity index (χ0v) is 12.9. The Morgan fingerprint density at radius 3 is 2.92 bits per heavy atom. The maximum atomic E-state index is 11.9. The van der Waals surface area contributed by atoms with E-state index in [1.54, 1.807) is 23.1 Å². The van der Waals surface area contributed by atoms with Crippen LogP contribution in [0.4, 0.5) is 5.69 Å². The standard InChI is InChI=1S/C15H17N5O4/c21-12-6-2-8-20(12)9-3-7-16-14(22)15(23)17-10-4-1-5-11-13(10)19-24-18-11/h1,4-5H,2-3,6-9H2,(H,16,22)(H,17,23). The first-order chi connectivity index (χ1) is 11.6. The van der Waals surface area contributed by atoms with Crippen LogP contribution in [0.2, 0.25) is 0 Å². The molecular formula is C15H17N5O4. The number of rotatable bonds is 5. The second kappa shape index (κ2) is 7.07. The van der Waals surface area contributed by atoms with E-state index in [1.807, 2.05) is 0 Å². The summed E-state index contributed by atoms with van der Waals surface area (Å²) in [6, 6.07) is 4.96. The fraction of sp³-hybridized carbons (Fsp3) is 0.400. The number of nitrogens with one attached hydrogen (secondary N) is 2. The molecule has 2 heterocycles. The number of benzene rings is 1. The van der Waals surface area contributed by atoms with Gasteiger partial charge in [0.1, 0.15) is 5.52 Å². The lowest BCUT2D eigenvalue weighted by molar-refractivity contribution is -0.136. The van der Waals surface area contributed by atoms with E-state index in [0.29, 0.717) is 42.7 Å². The molecule has 1 aliphatic heterocycles. The van der Waals surface area contributed by atoms with Gasteiger partial charge in [0.25, 0.3) is 0 Å². The minimum Gasteiger partial charge on any atom is -0.348 e. The topological polar surface area (TPSA) is 117 Å². The molecule has 0 unspecified atom stereocenters. The summed E-state index contributed by atoms with van der Waals surface area (Å²) < 4.78 is 4.60. The highest BCUT2D eigenvalue weighted by Gasteiger charge is 2.20. The first-order valence-corrected chi connectivity index (χ1v) is 7.73. The van der Waals surface area contributed by atoms with Crippen LogP contribution < -0.4 is 10.6 Å². The average molecular weight is 331 g/mol. The monoisotopic (exact) mass is 331 g/mol. The predicted molar refractivity (Wildman–Crippen MR) is 83.9 cm³/mol. The van der Waals surface area contributed by atoms with Crippen molar-refractivity contribution < 1.29 is 19.0 Å². The third-order valence-electron chi connectivity index (χ3n) is 3.80. The van der Waals surface area contributed by atoms with Gasteiger partial charge >= 0.3 is 11.8 Å². The largest absolute Gasteiger partial charge is 0.348 e. The highest BCUT2D eigenvalue weighted by molar-refractivity contribution is 6.40. The highest BCUT2D eigenvalue weighted by atomic mass is 16.6. The summed E-state index contributed by atoms with van der Waals surface area (Å²) in [4.78, 5) is 37.0. The fourth-order valence-electron chi connectivity index (χ4n) is 2.58. The molecule has 126 valence electrons. The molecule has 2 N–H and O–H groups in total. The molecule has 1 saturated heterocycles. The SMILES string of the molecule is O=C(NCCCN1CCCC1=O)C(=O)Nc1cccc2nonc12. The maximum absolute atomic E-state index is 11.9. The molecule has 1 aromatic heterocycles. The summed E-state index contributed by atoms with van der Waals surface area (Å²) in [5, 5.41) is 12.4. The summed E-state index contributed by atoms with van der Waals surface area (Å²) in [5.74, 6) is -1.38. The number of likely N-dealkylation sites (tertiary alicyclic amines) is 1. The Morgan fingerprint density at radius 1 is 1.25 bits per heavy atom. The predicted octanol–water partition coefficient (Wildman–Crippen LogP) is 0.290. The van der Waals surface area contributed by atoms with Crippen molar-refractivity contribution >= 4 is 34.4 Å². The zero-order chi connectivity index (χ0) is 16.9. The summed E-state index contributed by atoms with van der Waals surface area (Å²) in [7, 11) is 0. The molecule has 0 atom stereocenters. The second-order valence-electron chi connectivity index (χ2n) is 5.49. The summed E-state index contributed by atoms with van der Waals surface area (Å²) in [6.45, 7) is 1.68. The van der Waals surface area contributed by atoms with Crippen molar-refractivity contribution in [1.29, 1.82) is 0 Å². The zero-order valence-electron chi connectivity index (χ0n) is 12.9. The van der Waals surface area contributed by atoms with Crippen LogP contribution in [0.3, 0.4) is 0 Å². The highest BCUT2D eigenvalue weighted by Crippen LogP contribution is 2.19. The molecule has 24 heavy (non-hydrogen) atoms. The van der Waals surface area contributed by atoms with Gasteiger partial charge in [0.05, 0.1) is 5.69 Å². The Balaban J connectivity index is 1.46. The number of fused-ring (bicyclic) bond motifs is 1. The summed E-state index contributed by atoms with van der Waals surface area (Å²) in [5.41, 5.74) is 1.23. The fourth-order valence-corrected chi connectivity index (χ4v) is 2.58. The normalized spacial score (nSPS) is 14.2. The molecule has 0 saturated carbocycles. The van der Waals surface area contributed by atoms with Crippen LogP contribution in [-0.4, -0.2) is 52.6 Å². The van der Waals surface area contributed by atoms with Crippen molar-refractivity contribution in [3.63, 3.8) is 0 Å². The number of hydrogen-bond acceptors (Lipinski definition) is 6. The summed E-state index contributed by atoms with van der Waals surface area (Å²) >= 11 is 0. The van der Waals surface area contributed by atoms with Crippen LogP contribution in [0.1, 0.15) is 19.3 Å². The molecule has 1 aliphatic rings. The van der Waals surface area contributed by atoms with Gasteiger partial charge < -0.3 is 15.5 Å². The Bertz CT molecular complexity index is 772. The van der Waals surface area contributed by atoms with Gasteiger partial charge in [-0.15, -0.1) is 0 Å². The van der Waals surface area contributed by atoms with Gasteiger partial charge in [0.2, 0.25) is 5.91 Å². The lowest BCUT2D eigenvalue weighted by Crippen LogP contribution is -2.37. The molecule has 0 bridgehead atoms. The van der Waals surface area contributed by atoms with E-state index in [9.17, 15) is 14.4 Å². The quantitative estimate of drug-likeness (QED) is 0.601. The molecule has 9 nitrogen and oxygen atoms in total. The number of anilines is 1. The van der Waals surface area contributed by atoms with Crippen LogP contribution in [0.25, 0.3) is 11.0 Å². The number of aromatic nitrogens is 2. The third kappa shape index (κ3) is 3.50. The van der Waals surface area contributed by atoms with E-state index in [2.05, 4.69) is 25.6 Å². The van der Waals surface area contributed by atoms with Crippen LogP contribution >= 0.6 is 0 Å². The van der Waals surface area contributed by atoms with Gasteiger partial charge in [-0.1, -0.05) is 6.07 Å². The minimum atomic E-state index is -0.789. The van der Waals surface area contributed by atoms with Gasteiger partial charge in [0, 0.05) is 26.1 Å². The van der Waals surface area contributed by atoms with E-state index < -0.39 is 11.8 Å². The Hall–Kier alpha value is -2.97. The third-order valence-corrected chi connectivity index (χ3v) is 3.80. The number of amides is 3. The van der Waals surface area contributed by atoms with Gasteiger partial charge in [-0.25, -0.2) is 4.63 Å². The summed E-state index contributed by atoms with van der Waals surface area (Å²) in [6.07, 6.45) is 2.08. The first kappa shape index (κ1) is 15.9. The van der Waals surface area contributed by atoms with Crippen molar-refractivity contribution in [1.82, 2.24) is 20.5 Å². The lowest BCUT2D eigenvalue weighted by atomic mass is 10.2. The molecule has 0 aliphatic carbocycles. The Labute approximate surface area is 137 Å². The second-order valence-corrected chi connectivity index (χ2v) is 5.49. The van der Waals surface area contributed by atoms with Crippen molar-refractivity contribution in [3.8, 4) is 0 Å². The average Bonchev–Trinajstić information content (AvgIpc) is 3.21. The van der Waals surface area contributed by atoms with E-state index in [1.165, 1.54) is 0 Å². The van der Waals surface area contributed by atoms with Crippen molar-refractivity contribution in [3.05, 3.63) is 18.2 Å². The van der Waals surface area contributed by atoms with Crippen molar-refractivity contribution in [2.75, 3.05) is 25.0 Å². The molecular weight excluding hydrogens is 314 g/mol. The lowest BCUT2D eigenvalue weighted by Gasteiger charge is -2.15. The van der Waals surface area contributed by atoms with Crippen LogP contribution in [0.15, 0.2) is 22.8 Å². The van der Waals surface area contributed by atoms with Crippen molar-refractivity contribution in [2.24, 2.45) is 0 Å². The van der Waals surface area contributed by atoms with Gasteiger partial charge in [-0.2, -0.15) is 0 Å². The molecule has 1 aromatic carbocycles. The Morgan fingerprint density at radius 2 is 2.12 bits per heavy atom. The maximum Gasteiger partial charge on any atom is 0.313 e.